The van der Waals surface area contributed by atoms with Crippen LogP contribution in [0, 0.1) is 0 Å². The SMILES string of the molecule is CCCOC(C(=O)Cl)c1cc(C(C)(C)C)c(O)c(C(C)(C)C)c1. The number of halogens is 1. The van der Waals surface area contributed by atoms with E-state index in [-0.39, 0.29) is 16.6 Å². The maximum atomic E-state index is 11.8. The minimum atomic E-state index is -0.806. The predicted octanol–water partition coefficient (Wildman–Crippen LogP) is 5.22. The number of carbonyl (C=O) groups excluding carboxylic acids is 1. The van der Waals surface area contributed by atoms with Crippen LogP contribution in [0.15, 0.2) is 12.1 Å². The summed E-state index contributed by atoms with van der Waals surface area (Å²) in [5.41, 5.74) is 1.77. The summed E-state index contributed by atoms with van der Waals surface area (Å²) in [5, 5.41) is 10.2. The Labute approximate surface area is 145 Å². The molecule has 130 valence electrons. The highest BCUT2D eigenvalue weighted by atomic mass is 35.5. The van der Waals surface area contributed by atoms with Crippen LogP contribution in [-0.2, 0) is 20.4 Å². The topological polar surface area (TPSA) is 46.5 Å². The fourth-order valence-corrected chi connectivity index (χ4v) is 2.67. The van der Waals surface area contributed by atoms with Gasteiger partial charge in [0.2, 0.25) is 0 Å². The van der Waals surface area contributed by atoms with Crippen molar-refractivity contribution in [3.05, 3.63) is 28.8 Å². The molecule has 23 heavy (non-hydrogen) atoms. The Bertz CT molecular complexity index is 530. The molecule has 0 saturated carbocycles. The zero-order valence-corrected chi connectivity index (χ0v) is 16.0. The Morgan fingerprint density at radius 1 is 1.13 bits per heavy atom. The smallest absolute Gasteiger partial charge is 0.255 e. The third-order valence-electron chi connectivity index (χ3n) is 3.75. The molecule has 0 spiro atoms. The lowest BCUT2D eigenvalue weighted by Gasteiger charge is -2.29. The monoisotopic (exact) mass is 340 g/mol. The summed E-state index contributed by atoms with van der Waals surface area (Å²) in [7, 11) is 0. The van der Waals surface area contributed by atoms with Crippen molar-refractivity contribution in [2.75, 3.05) is 6.61 Å². The largest absolute Gasteiger partial charge is 0.507 e. The first-order chi connectivity index (χ1) is 10.4. The van der Waals surface area contributed by atoms with Crippen LogP contribution in [-0.4, -0.2) is 17.0 Å². The summed E-state index contributed by atoms with van der Waals surface area (Å²) in [4.78, 5) is 11.8. The molecule has 0 aliphatic rings. The second kappa shape index (κ2) is 7.23. The van der Waals surface area contributed by atoms with Crippen molar-refractivity contribution in [2.45, 2.75) is 71.8 Å². The van der Waals surface area contributed by atoms with Crippen molar-refractivity contribution < 1.29 is 14.6 Å². The Morgan fingerprint density at radius 2 is 1.57 bits per heavy atom. The van der Waals surface area contributed by atoms with Gasteiger partial charge < -0.3 is 9.84 Å². The van der Waals surface area contributed by atoms with Crippen LogP contribution in [0.5, 0.6) is 5.75 Å². The van der Waals surface area contributed by atoms with Gasteiger partial charge in [-0.1, -0.05) is 48.5 Å². The maximum Gasteiger partial charge on any atom is 0.255 e. The van der Waals surface area contributed by atoms with Crippen molar-refractivity contribution in [1.29, 1.82) is 0 Å². The third-order valence-corrected chi connectivity index (χ3v) is 3.94. The summed E-state index contributed by atoms with van der Waals surface area (Å²) in [6, 6.07) is 3.68. The van der Waals surface area contributed by atoms with Crippen LogP contribution in [0.4, 0.5) is 0 Å². The third kappa shape index (κ3) is 4.95. The molecule has 3 nitrogen and oxygen atoms in total. The van der Waals surface area contributed by atoms with E-state index >= 15 is 0 Å². The summed E-state index contributed by atoms with van der Waals surface area (Å²) in [6.45, 7) is 14.6. The number of ether oxygens (including phenoxy) is 1. The minimum absolute atomic E-state index is 0.259. The van der Waals surface area contributed by atoms with E-state index in [9.17, 15) is 9.90 Å². The van der Waals surface area contributed by atoms with Crippen molar-refractivity contribution in [2.24, 2.45) is 0 Å². The quantitative estimate of drug-likeness (QED) is 0.747. The van der Waals surface area contributed by atoms with Gasteiger partial charge in [0.25, 0.3) is 5.24 Å². The predicted molar refractivity (Wildman–Crippen MR) is 95.4 cm³/mol. The van der Waals surface area contributed by atoms with Crippen molar-refractivity contribution in [3.63, 3.8) is 0 Å². The van der Waals surface area contributed by atoms with Gasteiger partial charge in [-0.3, -0.25) is 4.79 Å². The number of phenolic OH excluding ortho intramolecular Hbond substituents is 1. The molecule has 4 heteroatoms. The molecular formula is C19H29ClO3. The van der Waals surface area contributed by atoms with Crippen LogP contribution in [0.2, 0.25) is 0 Å². The number of hydrogen-bond acceptors (Lipinski definition) is 3. The van der Waals surface area contributed by atoms with Gasteiger partial charge >= 0.3 is 0 Å². The van der Waals surface area contributed by atoms with Crippen LogP contribution in [0.1, 0.15) is 77.7 Å². The average molecular weight is 341 g/mol. The Kier molecular flexibility index (Phi) is 6.28. The first-order valence-corrected chi connectivity index (χ1v) is 8.46. The fourth-order valence-electron chi connectivity index (χ4n) is 2.48. The van der Waals surface area contributed by atoms with E-state index in [0.717, 1.165) is 17.5 Å². The maximum absolute atomic E-state index is 11.8. The van der Waals surface area contributed by atoms with Gasteiger partial charge in [-0.25, -0.2) is 0 Å². The molecule has 1 atom stereocenters. The summed E-state index contributed by atoms with van der Waals surface area (Å²) < 4.78 is 5.65. The standard InChI is InChI=1S/C19H29ClO3/c1-8-9-23-16(17(20)22)12-10-13(18(2,3)4)15(21)14(11-12)19(5,6)7/h10-11,16,21H,8-9H2,1-7H3. The van der Waals surface area contributed by atoms with Crippen molar-refractivity contribution in [1.82, 2.24) is 0 Å². The molecule has 0 heterocycles. The lowest BCUT2D eigenvalue weighted by Crippen LogP contribution is -2.20. The summed E-state index contributed by atoms with van der Waals surface area (Å²) >= 11 is 5.76. The molecular weight excluding hydrogens is 312 g/mol. The molecule has 1 aromatic carbocycles. The van der Waals surface area contributed by atoms with Gasteiger partial charge in [0.05, 0.1) is 0 Å². The van der Waals surface area contributed by atoms with Gasteiger partial charge in [-0.05, 0) is 57.7 Å². The van der Waals surface area contributed by atoms with Gasteiger partial charge in [0.1, 0.15) is 5.75 Å². The molecule has 0 amide bonds. The number of rotatable bonds is 5. The zero-order chi connectivity index (χ0) is 18.0. The summed E-state index contributed by atoms with van der Waals surface area (Å²) in [6.07, 6.45) is -0.00351. The molecule has 0 aliphatic heterocycles. The van der Waals surface area contributed by atoms with Crippen LogP contribution in [0.3, 0.4) is 0 Å². The van der Waals surface area contributed by atoms with E-state index in [1.807, 2.05) is 60.6 Å². The second-order valence-corrected chi connectivity index (χ2v) is 8.39. The Morgan fingerprint density at radius 3 is 1.87 bits per heavy atom. The first kappa shape index (κ1) is 20.0. The van der Waals surface area contributed by atoms with Gasteiger partial charge in [0, 0.05) is 6.61 Å². The molecule has 0 bridgehead atoms. The number of benzene rings is 1. The number of phenols is 1. The number of carbonyl (C=O) groups is 1. The van der Waals surface area contributed by atoms with E-state index in [4.69, 9.17) is 16.3 Å². The molecule has 1 N–H and O–H groups in total. The van der Waals surface area contributed by atoms with Gasteiger partial charge in [0.15, 0.2) is 6.10 Å². The normalized spacial score (nSPS) is 13.9. The highest BCUT2D eigenvalue weighted by Crippen LogP contribution is 2.41. The lowest BCUT2D eigenvalue weighted by molar-refractivity contribution is -0.122. The molecule has 0 aliphatic carbocycles. The molecule has 0 fully saturated rings. The Hall–Kier alpha value is -1.06. The minimum Gasteiger partial charge on any atom is -0.507 e. The lowest BCUT2D eigenvalue weighted by atomic mass is 9.78. The first-order valence-electron chi connectivity index (χ1n) is 8.08. The van der Waals surface area contributed by atoms with E-state index < -0.39 is 11.3 Å². The fraction of sp³-hybridized carbons (Fsp3) is 0.632. The van der Waals surface area contributed by atoms with E-state index in [1.165, 1.54) is 0 Å². The molecule has 0 aromatic heterocycles. The number of hydrogen-bond donors (Lipinski definition) is 1. The molecule has 1 unspecified atom stereocenters. The van der Waals surface area contributed by atoms with Gasteiger partial charge in [-0.15, -0.1) is 0 Å². The van der Waals surface area contributed by atoms with E-state index in [0.29, 0.717) is 12.2 Å². The van der Waals surface area contributed by atoms with Crippen LogP contribution < -0.4 is 0 Å². The summed E-state index contributed by atoms with van der Waals surface area (Å²) in [5.74, 6) is 0.282. The average Bonchev–Trinajstić information content (AvgIpc) is 2.37. The van der Waals surface area contributed by atoms with Crippen molar-refractivity contribution in [3.8, 4) is 5.75 Å². The number of aromatic hydroxyl groups is 1. The molecule has 1 aromatic rings. The zero-order valence-electron chi connectivity index (χ0n) is 15.3. The Balaban J connectivity index is 3.57. The highest BCUT2D eigenvalue weighted by molar-refractivity contribution is 6.64. The van der Waals surface area contributed by atoms with E-state index in [1.54, 1.807) is 0 Å². The van der Waals surface area contributed by atoms with Crippen molar-refractivity contribution >= 4 is 16.8 Å². The molecule has 1 rings (SSSR count). The van der Waals surface area contributed by atoms with E-state index in [2.05, 4.69) is 0 Å². The van der Waals surface area contributed by atoms with Gasteiger partial charge in [-0.2, -0.15) is 0 Å². The van der Waals surface area contributed by atoms with Crippen LogP contribution in [0.25, 0.3) is 0 Å². The molecule has 0 saturated heterocycles. The highest BCUT2D eigenvalue weighted by Gasteiger charge is 2.29. The van der Waals surface area contributed by atoms with Crippen LogP contribution >= 0.6 is 11.6 Å². The second-order valence-electron chi connectivity index (χ2n) is 8.02. The molecule has 0 radical (unpaired) electrons.